The van der Waals surface area contributed by atoms with E-state index >= 15 is 0 Å². The van der Waals surface area contributed by atoms with Crippen molar-refractivity contribution < 1.29 is 0 Å². The molecule has 0 spiro atoms. The summed E-state index contributed by atoms with van der Waals surface area (Å²) in [6, 6.07) is 0. The van der Waals surface area contributed by atoms with Crippen LogP contribution in [-0.2, 0) is 0 Å². The van der Waals surface area contributed by atoms with Crippen molar-refractivity contribution in [2.24, 2.45) is 0 Å². The van der Waals surface area contributed by atoms with Crippen LogP contribution in [0.2, 0.25) is 0 Å². The van der Waals surface area contributed by atoms with Crippen LogP contribution in [0.15, 0.2) is 0 Å². The zero-order valence-corrected chi connectivity index (χ0v) is 6.88. The van der Waals surface area contributed by atoms with Crippen LogP contribution < -0.4 is 0 Å². The quantitative estimate of drug-likeness (QED) is 0.519. The van der Waals surface area contributed by atoms with Gasteiger partial charge in [-0.3, -0.25) is 0 Å². The Balaban J connectivity index is 0.000000222. The molecule has 8 heavy (non-hydrogen) atoms. The SMILES string of the molecule is CI.Cc1nn[nH]n1. The van der Waals surface area contributed by atoms with Crippen molar-refractivity contribution in [1.82, 2.24) is 20.6 Å². The Morgan fingerprint density at radius 3 is 2.25 bits per heavy atom. The first-order valence-corrected chi connectivity index (χ1v) is 4.13. The smallest absolute Gasteiger partial charge is 0.171 e. The number of rotatable bonds is 0. The number of nitrogens with one attached hydrogen (secondary N) is 1. The number of hydrogen-bond acceptors (Lipinski definition) is 3. The number of nitrogens with zero attached hydrogens (tertiary/aromatic N) is 3. The largest absolute Gasteiger partial charge is 0.177 e. The number of tetrazole rings is 1. The van der Waals surface area contributed by atoms with Gasteiger partial charge in [-0.1, -0.05) is 27.8 Å². The van der Waals surface area contributed by atoms with E-state index in [1.165, 1.54) is 0 Å². The van der Waals surface area contributed by atoms with Crippen molar-refractivity contribution >= 4 is 22.6 Å². The van der Waals surface area contributed by atoms with Gasteiger partial charge in [0.2, 0.25) is 0 Å². The van der Waals surface area contributed by atoms with Gasteiger partial charge < -0.3 is 0 Å². The standard InChI is InChI=1S/C2H4N4.CH3I/c1-2-3-5-6-4-2;1-2/h1H3,(H,3,4,5,6);1H3. The summed E-state index contributed by atoms with van der Waals surface area (Å²) in [5.41, 5.74) is 0. The Labute approximate surface area is 61.2 Å². The molecular weight excluding hydrogens is 219 g/mol. The number of aromatic amines is 1. The predicted molar refractivity (Wildman–Crippen MR) is 38.9 cm³/mol. The van der Waals surface area contributed by atoms with Crippen LogP contribution in [0.1, 0.15) is 5.82 Å². The maximum absolute atomic E-state index is 3.57. The van der Waals surface area contributed by atoms with Crippen LogP contribution in [-0.4, -0.2) is 25.6 Å². The van der Waals surface area contributed by atoms with Crippen LogP contribution in [0, 0.1) is 6.92 Å². The molecule has 46 valence electrons. The first-order chi connectivity index (χ1) is 3.89. The molecule has 0 unspecified atom stereocenters. The zero-order chi connectivity index (χ0) is 6.41. The van der Waals surface area contributed by atoms with Crippen molar-refractivity contribution in [3.8, 4) is 0 Å². The van der Waals surface area contributed by atoms with Crippen LogP contribution in [0.3, 0.4) is 0 Å². The second kappa shape index (κ2) is 4.95. The Hall–Kier alpha value is -0.200. The molecule has 0 saturated heterocycles. The number of alkyl halides is 1. The van der Waals surface area contributed by atoms with E-state index < -0.39 is 0 Å². The first kappa shape index (κ1) is 7.80. The molecule has 0 radical (unpaired) electrons. The number of H-pyrrole nitrogens is 1. The monoisotopic (exact) mass is 226 g/mol. The summed E-state index contributed by atoms with van der Waals surface area (Å²) in [6.45, 7) is 1.77. The minimum Gasteiger partial charge on any atom is -0.177 e. The van der Waals surface area contributed by atoms with Crippen molar-refractivity contribution in [2.75, 3.05) is 4.93 Å². The second-order valence-corrected chi connectivity index (χ2v) is 0.959. The Bertz CT molecular complexity index is 115. The third kappa shape index (κ3) is 2.89. The van der Waals surface area contributed by atoms with Crippen molar-refractivity contribution in [3.05, 3.63) is 5.82 Å². The average molecular weight is 226 g/mol. The van der Waals surface area contributed by atoms with Gasteiger partial charge in [0.15, 0.2) is 5.82 Å². The van der Waals surface area contributed by atoms with Crippen molar-refractivity contribution in [1.29, 1.82) is 0 Å². The molecule has 1 aromatic rings. The van der Waals surface area contributed by atoms with Crippen LogP contribution in [0.4, 0.5) is 0 Å². The van der Waals surface area contributed by atoms with Gasteiger partial charge in [0, 0.05) is 0 Å². The van der Waals surface area contributed by atoms with E-state index in [9.17, 15) is 0 Å². The third-order valence-electron chi connectivity index (χ3n) is 0.451. The lowest BCUT2D eigenvalue weighted by atomic mass is 10.8. The number of hydrogen-bond donors (Lipinski definition) is 1. The molecule has 1 rings (SSSR count). The van der Waals surface area contributed by atoms with Crippen molar-refractivity contribution in [3.63, 3.8) is 0 Å². The molecule has 0 saturated carbocycles. The van der Waals surface area contributed by atoms with E-state index in [4.69, 9.17) is 0 Å². The molecule has 1 aromatic heterocycles. The Kier molecular flexibility index (Phi) is 4.82. The van der Waals surface area contributed by atoms with Gasteiger partial charge in [-0.05, 0) is 11.9 Å². The highest BCUT2D eigenvalue weighted by Gasteiger charge is 1.78. The van der Waals surface area contributed by atoms with Gasteiger partial charge in [0.25, 0.3) is 0 Å². The van der Waals surface area contributed by atoms with E-state index in [0.717, 1.165) is 0 Å². The van der Waals surface area contributed by atoms with Gasteiger partial charge in [0.05, 0.1) is 0 Å². The highest BCUT2D eigenvalue weighted by Crippen LogP contribution is 1.69. The van der Waals surface area contributed by atoms with Gasteiger partial charge in [-0.15, -0.1) is 10.2 Å². The molecule has 5 heteroatoms. The fourth-order valence-electron chi connectivity index (χ4n) is 0.212. The summed E-state index contributed by atoms with van der Waals surface area (Å²) in [5, 5.41) is 12.7. The minimum atomic E-state index is 0.676. The second-order valence-electron chi connectivity index (χ2n) is 0.959. The molecule has 1 N–H and O–H groups in total. The highest BCUT2D eigenvalue weighted by atomic mass is 127. The first-order valence-electron chi connectivity index (χ1n) is 1.97. The number of aryl methyl sites for hydroxylation is 1. The lowest BCUT2D eigenvalue weighted by molar-refractivity contribution is 0.881. The third-order valence-corrected chi connectivity index (χ3v) is 0.451. The molecule has 0 aliphatic rings. The van der Waals surface area contributed by atoms with Crippen LogP contribution in [0.25, 0.3) is 0 Å². The van der Waals surface area contributed by atoms with Crippen molar-refractivity contribution in [2.45, 2.75) is 6.92 Å². The van der Waals surface area contributed by atoms with E-state index in [1.807, 2.05) is 4.93 Å². The van der Waals surface area contributed by atoms with E-state index in [1.54, 1.807) is 6.92 Å². The zero-order valence-electron chi connectivity index (χ0n) is 4.72. The maximum Gasteiger partial charge on any atom is 0.171 e. The number of aromatic nitrogens is 4. The fraction of sp³-hybridized carbons (Fsp3) is 0.667. The topological polar surface area (TPSA) is 54.5 Å². The molecule has 4 nitrogen and oxygen atoms in total. The fourth-order valence-corrected chi connectivity index (χ4v) is 0.212. The van der Waals surface area contributed by atoms with E-state index in [0.29, 0.717) is 5.82 Å². The van der Waals surface area contributed by atoms with Gasteiger partial charge in [-0.25, -0.2) is 0 Å². The Morgan fingerprint density at radius 2 is 2.12 bits per heavy atom. The summed E-state index contributed by atoms with van der Waals surface area (Å²) < 4.78 is 0. The van der Waals surface area contributed by atoms with Crippen LogP contribution >= 0.6 is 22.6 Å². The molecule has 0 bridgehead atoms. The molecule has 0 aliphatic carbocycles. The minimum absolute atomic E-state index is 0.676. The molecule has 0 atom stereocenters. The maximum atomic E-state index is 3.57. The van der Waals surface area contributed by atoms with E-state index in [-0.39, 0.29) is 0 Å². The lowest BCUT2D eigenvalue weighted by Crippen LogP contribution is -1.69. The summed E-state index contributed by atoms with van der Waals surface area (Å²) in [4.78, 5) is 1.97. The van der Waals surface area contributed by atoms with E-state index in [2.05, 4.69) is 43.2 Å². The Morgan fingerprint density at radius 1 is 1.50 bits per heavy atom. The summed E-state index contributed by atoms with van der Waals surface area (Å²) in [6.07, 6.45) is 0. The molecular formula is C3H7IN4. The summed E-state index contributed by atoms with van der Waals surface area (Å²) in [5.74, 6) is 0.676. The van der Waals surface area contributed by atoms with Gasteiger partial charge >= 0.3 is 0 Å². The predicted octanol–water partition coefficient (Wildman–Crippen LogP) is 0.559. The molecule has 1 heterocycles. The summed E-state index contributed by atoms with van der Waals surface area (Å²) >= 11 is 2.15. The molecule has 0 aromatic carbocycles. The van der Waals surface area contributed by atoms with Gasteiger partial charge in [-0.2, -0.15) is 5.21 Å². The number of halogens is 1. The normalized spacial score (nSPS) is 7.38. The highest BCUT2D eigenvalue weighted by molar-refractivity contribution is 14.1. The molecule has 0 amide bonds. The lowest BCUT2D eigenvalue weighted by Gasteiger charge is -1.59. The average Bonchev–Trinajstić information content (AvgIpc) is 2.24. The van der Waals surface area contributed by atoms with Crippen LogP contribution in [0.5, 0.6) is 0 Å². The molecule has 0 fully saturated rings. The molecule has 0 aliphatic heterocycles. The summed E-state index contributed by atoms with van der Waals surface area (Å²) in [7, 11) is 0. The van der Waals surface area contributed by atoms with Gasteiger partial charge in [0.1, 0.15) is 0 Å².